The maximum Gasteiger partial charge on any atom is 0.255 e. The Kier molecular flexibility index (Phi) is 7.58. The number of halogens is 2. The lowest BCUT2D eigenvalue weighted by atomic mass is 9.96. The summed E-state index contributed by atoms with van der Waals surface area (Å²) in [5.41, 5.74) is 10.5. The van der Waals surface area contributed by atoms with Crippen molar-refractivity contribution in [3.63, 3.8) is 0 Å². The molecule has 0 spiro atoms. The van der Waals surface area contributed by atoms with Crippen LogP contribution in [-0.2, 0) is 11.8 Å². The van der Waals surface area contributed by atoms with Gasteiger partial charge in [-0.25, -0.2) is 13.8 Å². The summed E-state index contributed by atoms with van der Waals surface area (Å²) in [6.45, 7) is 2.66. The lowest BCUT2D eigenvalue weighted by molar-refractivity contribution is -0.111. The highest BCUT2D eigenvalue weighted by molar-refractivity contribution is 6.11. The molecule has 0 bridgehead atoms. The zero-order chi connectivity index (χ0) is 28.3. The number of hydrogen-bond acceptors (Lipinski definition) is 6. The molecule has 0 aliphatic heterocycles. The Morgan fingerprint density at radius 3 is 2.54 bits per heavy atom. The maximum absolute atomic E-state index is 12.6. The van der Waals surface area contributed by atoms with Crippen LogP contribution < -0.4 is 21.1 Å². The maximum atomic E-state index is 12.6. The minimum Gasteiger partial charge on any atom is -0.496 e. The zero-order valence-corrected chi connectivity index (χ0v) is 21.1. The second kappa shape index (κ2) is 11.0. The number of benzene rings is 2. The van der Waals surface area contributed by atoms with Gasteiger partial charge in [0.1, 0.15) is 17.6 Å². The molecule has 4 aromatic rings. The van der Waals surface area contributed by atoms with E-state index in [2.05, 4.69) is 28.3 Å². The van der Waals surface area contributed by atoms with E-state index in [-0.39, 0.29) is 23.0 Å². The van der Waals surface area contributed by atoms with E-state index in [9.17, 15) is 23.6 Å². The SMILES string of the molecule is C=CC(=O)Nc1ccc(-c2c(-c3ccc(C(=O)NCC(F)F)c(OC)c3)c3c(N)ncc(C#N)c3n2C)cc1. The van der Waals surface area contributed by atoms with E-state index in [1.165, 1.54) is 25.4 Å². The fourth-order valence-corrected chi connectivity index (χ4v) is 4.41. The molecule has 2 amide bonds. The largest absolute Gasteiger partial charge is 0.496 e. The van der Waals surface area contributed by atoms with E-state index in [0.717, 1.165) is 5.56 Å². The van der Waals surface area contributed by atoms with Crippen LogP contribution in [-0.4, -0.2) is 41.4 Å². The molecule has 2 aromatic heterocycles. The first-order chi connectivity index (χ1) is 18.7. The number of carbonyl (C=O) groups excluding carboxylic acids is 2. The Bertz CT molecular complexity index is 1640. The van der Waals surface area contributed by atoms with Gasteiger partial charge in [-0.05, 0) is 41.5 Å². The third-order valence-corrected chi connectivity index (χ3v) is 6.12. The second-order valence-corrected chi connectivity index (χ2v) is 8.46. The molecule has 198 valence electrons. The number of amides is 2. The van der Waals surface area contributed by atoms with Crippen molar-refractivity contribution < 1.29 is 23.1 Å². The van der Waals surface area contributed by atoms with Gasteiger partial charge in [-0.2, -0.15) is 5.26 Å². The number of hydrogen-bond donors (Lipinski definition) is 3. The number of aromatic nitrogens is 2. The van der Waals surface area contributed by atoms with Gasteiger partial charge in [-0.1, -0.05) is 24.8 Å². The van der Waals surface area contributed by atoms with Gasteiger partial charge in [-0.3, -0.25) is 9.59 Å². The van der Waals surface area contributed by atoms with E-state index >= 15 is 0 Å². The Morgan fingerprint density at radius 1 is 1.23 bits per heavy atom. The minimum absolute atomic E-state index is 0.0785. The van der Waals surface area contributed by atoms with Crippen molar-refractivity contribution >= 4 is 34.2 Å². The summed E-state index contributed by atoms with van der Waals surface area (Å²) < 4.78 is 32.5. The molecular formula is C28H24F2N6O3. The van der Waals surface area contributed by atoms with Gasteiger partial charge >= 0.3 is 0 Å². The van der Waals surface area contributed by atoms with Crippen LogP contribution in [0.1, 0.15) is 15.9 Å². The highest BCUT2D eigenvalue weighted by atomic mass is 19.3. The summed E-state index contributed by atoms with van der Waals surface area (Å²) in [5.74, 6) is -0.710. The third kappa shape index (κ3) is 5.13. The molecule has 0 atom stereocenters. The molecule has 2 aromatic carbocycles. The number of aryl methyl sites for hydroxylation is 1. The number of rotatable bonds is 8. The first-order valence-electron chi connectivity index (χ1n) is 11.7. The van der Waals surface area contributed by atoms with E-state index in [1.807, 2.05) is 4.57 Å². The average molecular weight is 531 g/mol. The fraction of sp³-hybridized carbons (Fsp3) is 0.143. The van der Waals surface area contributed by atoms with Gasteiger partial charge in [0, 0.05) is 24.5 Å². The van der Waals surface area contributed by atoms with E-state index in [4.69, 9.17) is 10.5 Å². The molecule has 39 heavy (non-hydrogen) atoms. The monoisotopic (exact) mass is 530 g/mol. The first-order valence-corrected chi connectivity index (χ1v) is 11.7. The normalized spacial score (nSPS) is 10.8. The summed E-state index contributed by atoms with van der Waals surface area (Å²) in [6, 6.07) is 13.9. The molecule has 11 heteroatoms. The first kappa shape index (κ1) is 26.8. The van der Waals surface area contributed by atoms with Crippen LogP contribution in [0.15, 0.2) is 61.3 Å². The number of carbonyl (C=O) groups is 2. The van der Waals surface area contributed by atoms with Crippen molar-refractivity contribution in [2.75, 3.05) is 24.7 Å². The summed E-state index contributed by atoms with van der Waals surface area (Å²) >= 11 is 0. The Morgan fingerprint density at radius 2 is 1.92 bits per heavy atom. The van der Waals surface area contributed by atoms with Gasteiger partial charge in [0.15, 0.2) is 0 Å². The lowest BCUT2D eigenvalue weighted by Gasteiger charge is -2.13. The summed E-state index contributed by atoms with van der Waals surface area (Å²) in [6.07, 6.45) is -0.130. The highest BCUT2D eigenvalue weighted by Gasteiger charge is 2.25. The highest BCUT2D eigenvalue weighted by Crippen LogP contribution is 2.44. The van der Waals surface area contributed by atoms with Crippen LogP contribution in [0.25, 0.3) is 33.3 Å². The van der Waals surface area contributed by atoms with Gasteiger partial charge in [0.2, 0.25) is 5.91 Å². The molecule has 0 unspecified atom stereocenters. The number of nitriles is 1. The van der Waals surface area contributed by atoms with Crippen molar-refractivity contribution in [1.82, 2.24) is 14.9 Å². The summed E-state index contributed by atoms with van der Waals surface area (Å²) in [5, 5.41) is 15.2. The molecule has 2 heterocycles. The molecule has 0 saturated carbocycles. The van der Waals surface area contributed by atoms with Crippen LogP contribution in [0.5, 0.6) is 5.75 Å². The Balaban J connectivity index is 1.95. The smallest absolute Gasteiger partial charge is 0.255 e. The van der Waals surface area contributed by atoms with Crippen molar-refractivity contribution in [2.45, 2.75) is 6.43 Å². The molecule has 0 radical (unpaired) electrons. The van der Waals surface area contributed by atoms with Crippen LogP contribution in [0.2, 0.25) is 0 Å². The number of ether oxygens (including phenoxy) is 1. The number of nitrogens with one attached hydrogen (secondary N) is 2. The van der Waals surface area contributed by atoms with Gasteiger partial charge in [0.05, 0.1) is 41.4 Å². The van der Waals surface area contributed by atoms with Crippen molar-refractivity contribution in [3.8, 4) is 34.2 Å². The van der Waals surface area contributed by atoms with Crippen molar-refractivity contribution in [3.05, 3.63) is 72.4 Å². The molecule has 0 aliphatic carbocycles. The number of fused-ring (bicyclic) bond motifs is 1. The number of nitrogens with zero attached hydrogens (tertiary/aromatic N) is 3. The van der Waals surface area contributed by atoms with Crippen LogP contribution in [0, 0.1) is 11.3 Å². The van der Waals surface area contributed by atoms with Crippen LogP contribution in [0.3, 0.4) is 0 Å². The van der Waals surface area contributed by atoms with Gasteiger partial charge in [-0.15, -0.1) is 0 Å². The fourth-order valence-electron chi connectivity index (χ4n) is 4.41. The molecule has 0 aliphatic rings. The number of pyridine rings is 1. The van der Waals surface area contributed by atoms with Crippen molar-refractivity contribution in [2.24, 2.45) is 7.05 Å². The molecular weight excluding hydrogens is 506 g/mol. The van der Waals surface area contributed by atoms with Crippen LogP contribution in [0.4, 0.5) is 20.3 Å². The van der Waals surface area contributed by atoms with E-state index in [1.54, 1.807) is 43.4 Å². The number of methoxy groups -OCH3 is 1. The summed E-state index contributed by atoms with van der Waals surface area (Å²) in [7, 11) is 3.16. The molecule has 0 fully saturated rings. The second-order valence-electron chi connectivity index (χ2n) is 8.46. The Hall–Kier alpha value is -5.24. The zero-order valence-electron chi connectivity index (χ0n) is 21.1. The molecule has 4 rings (SSSR count). The Labute approximate surface area is 222 Å². The lowest BCUT2D eigenvalue weighted by Crippen LogP contribution is -2.28. The standard InChI is InChI=1S/C28H24F2N6O3/c1-4-22(37)35-18-8-5-15(6-9-18)25-23(24-26(36(25)2)17(12-31)13-33-27(24)32)16-7-10-19(20(11-16)39-3)28(38)34-14-21(29)30/h4-11,13,21H,1,14H2,2-3H3,(H2,32,33)(H,34,38)(H,35,37). The van der Waals surface area contributed by atoms with E-state index in [0.29, 0.717) is 39.0 Å². The predicted octanol–water partition coefficient (Wildman–Crippen LogP) is 4.49. The van der Waals surface area contributed by atoms with Crippen molar-refractivity contribution in [1.29, 1.82) is 5.26 Å². The predicted molar refractivity (Wildman–Crippen MR) is 144 cm³/mol. The quantitative estimate of drug-likeness (QED) is 0.287. The van der Waals surface area contributed by atoms with Gasteiger partial charge in [0.25, 0.3) is 12.3 Å². The molecule has 9 nitrogen and oxygen atoms in total. The van der Waals surface area contributed by atoms with Crippen LogP contribution >= 0.6 is 0 Å². The average Bonchev–Trinajstić information content (AvgIpc) is 3.25. The number of alkyl halides is 2. The molecule has 0 saturated heterocycles. The van der Waals surface area contributed by atoms with Gasteiger partial charge < -0.3 is 25.7 Å². The molecule has 4 N–H and O–H groups in total. The topological polar surface area (TPSA) is 135 Å². The third-order valence-electron chi connectivity index (χ3n) is 6.12. The number of anilines is 2. The minimum atomic E-state index is -2.70. The summed E-state index contributed by atoms with van der Waals surface area (Å²) in [4.78, 5) is 28.4. The number of nitrogens with two attached hydrogens (primary N) is 1. The van der Waals surface area contributed by atoms with E-state index < -0.39 is 18.9 Å². The number of nitrogen functional groups attached to an aromatic ring is 1.